The van der Waals surface area contributed by atoms with E-state index in [0.717, 1.165) is 12.8 Å². The molecule has 1 rings (SSSR count). The quantitative estimate of drug-likeness (QED) is 0.137. The van der Waals surface area contributed by atoms with Gasteiger partial charge in [0.15, 0.2) is 6.29 Å². The summed E-state index contributed by atoms with van der Waals surface area (Å²) < 4.78 is 21.6. The van der Waals surface area contributed by atoms with Crippen molar-refractivity contribution in [3.63, 3.8) is 0 Å². The van der Waals surface area contributed by atoms with Crippen LogP contribution in [0.3, 0.4) is 0 Å². The SMILES string of the molecule is CCCCCCCCCCCCCCCOCC(COC1OC(CO)C(O)C(O)C1O)OC(C)=O. The van der Waals surface area contributed by atoms with Crippen LogP contribution in [0.15, 0.2) is 0 Å². The summed E-state index contributed by atoms with van der Waals surface area (Å²) in [5.41, 5.74) is 0. The van der Waals surface area contributed by atoms with Crippen LogP contribution in [0.25, 0.3) is 0 Å². The van der Waals surface area contributed by atoms with Crippen LogP contribution in [0, 0.1) is 0 Å². The van der Waals surface area contributed by atoms with Crippen molar-refractivity contribution in [1.29, 1.82) is 0 Å². The van der Waals surface area contributed by atoms with Gasteiger partial charge in [0.1, 0.15) is 30.5 Å². The summed E-state index contributed by atoms with van der Waals surface area (Å²) in [7, 11) is 0. The average Bonchev–Trinajstić information content (AvgIpc) is 2.84. The fourth-order valence-corrected chi connectivity index (χ4v) is 4.19. The number of unbranched alkanes of at least 4 members (excludes halogenated alkanes) is 12. The molecule has 4 N–H and O–H groups in total. The predicted molar refractivity (Wildman–Crippen MR) is 132 cm³/mol. The Bertz CT molecular complexity index is 517. The molecule has 6 unspecified atom stereocenters. The molecule has 9 nitrogen and oxygen atoms in total. The lowest BCUT2D eigenvalue weighted by atomic mass is 9.99. The zero-order chi connectivity index (χ0) is 25.9. The van der Waals surface area contributed by atoms with E-state index in [9.17, 15) is 25.2 Å². The first-order valence-corrected chi connectivity index (χ1v) is 13.6. The third-order valence-corrected chi connectivity index (χ3v) is 6.32. The van der Waals surface area contributed by atoms with Gasteiger partial charge < -0.3 is 39.4 Å². The van der Waals surface area contributed by atoms with Crippen molar-refractivity contribution < 1.29 is 44.2 Å². The molecule has 0 radical (unpaired) electrons. The van der Waals surface area contributed by atoms with Crippen molar-refractivity contribution >= 4 is 5.97 Å². The van der Waals surface area contributed by atoms with Gasteiger partial charge in [0.2, 0.25) is 0 Å². The van der Waals surface area contributed by atoms with E-state index in [1.807, 2.05) is 0 Å². The smallest absolute Gasteiger partial charge is 0.303 e. The molecule has 1 saturated heterocycles. The highest BCUT2D eigenvalue weighted by atomic mass is 16.7. The van der Waals surface area contributed by atoms with Crippen molar-refractivity contribution in [2.24, 2.45) is 0 Å². The number of hydrogen-bond donors (Lipinski definition) is 4. The van der Waals surface area contributed by atoms with Crippen molar-refractivity contribution in [2.45, 2.75) is 134 Å². The molecular formula is C26H50O9. The summed E-state index contributed by atoms with van der Waals surface area (Å²) in [6.07, 6.45) is 9.06. The number of aliphatic hydroxyl groups is 4. The molecule has 0 aliphatic carbocycles. The Balaban J connectivity index is 2.12. The second-order valence-corrected chi connectivity index (χ2v) is 9.58. The molecule has 0 spiro atoms. The molecular weight excluding hydrogens is 456 g/mol. The third kappa shape index (κ3) is 14.5. The third-order valence-electron chi connectivity index (χ3n) is 6.32. The number of rotatable bonds is 21. The topological polar surface area (TPSA) is 135 Å². The fourth-order valence-electron chi connectivity index (χ4n) is 4.19. The van der Waals surface area contributed by atoms with Gasteiger partial charge in [0, 0.05) is 13.5 Å². The molecule has 0 aromatic rings. The Morgan fingerprint density at radius 3 is 1.86 bits per heavy atom. The van der Waals surface area contributed by atoms with E-state index >= 15 is 0 Å². The van der Waals surface area contributed by atoms with E-state index in [4.69, 9.17) is 18.9 Å². The number of aliphatic hydroxyl groups excluding tert-OH is 4. The molecule has 208 valence electrons. The number of carbonyl (C=O) groups excluding carboxylic acids is 1. The zero-order valence-corrected chi connectivity index (χ0v) is 21.8. The Hall–Kier alpha value is -0.810. The van der Waals surface area contributed by atoms with Gasteiger partial charge in [0.05, 0.1) is 19.8 Å². The predicted octanol–water partition coefficient (Wildman–Crippen LogP) is 2.84. The maximum atomic E-state index is 11.4. The summed E-state index contributed by atoms with van der Waals surface area (Å²) in [4.78, 5) is 11.4. The van der Waals surface area contributed by atoms with Crippen LogP contribution in [0.4, 0.5) is 0 Å². The average molecular weight is 507 g/mol. The summed E-state index contributed by atoms with van der Waals surface area (Å²) >= 11 is 0. The Morgan fingerprint density at radius 2 is 1.34 bits per heavy atom. The first-order chi connectivity index (χ1) is 16.9. The molecule has 1 aliphatic rings. The van der Waals surface area contributed by atoms with Gasteiger partial charge in [-0.15, -0.1) is 0 Å². The van der Waals surface area contributed by atoms with Gasteiger partial charge in [0.25, 0.3) is 0 Å². The Kier molecular flexibility index (Phi) is 18.7. The van der Waals surface area contributed by atoms with Crippen molar-refractivity contribution in [2.75, 3.05) is 26.4 Å². The van der Waals surface area contributed by atoms with Crippen molar-refractivity contribution in [1.82, 2.24) is 0 Å². The van der Waals surface area contributed by atoms with Gasteiger partial charge in [-0.1, -0.05) is 84.0 Å². The molecule has 0 aromatic carbocycles. The maximum absolute atomic E-state index is 11.4. The van der Waals surface area contributed by atoms with Crippen LogP contribution in [-0.4, -0.2) is 89.6 Å². The van der Waals surface area contributed by atoms with Crippen LogP contribution in [0.5, 0.6) is 0 Å². The van der Waals surface area contributed by atoms with Crippen LogP contribution in [0.1, 0.15) is 97.3 Å². The van der Waals surface area contributed by atoms with Crippen molar-refractivity contribution in [3.05, 3.63) is 0 Å². The highest BCUT2D eigenvalue weighted by molar-refractivity contribution is 5.66. The Labute approximate surface area is 211 Å². The minimum atomic E-state index is -1.52. The molecule has 0 bridgehead atoms. The lowest BCUT2D eigenvalue weighted by molar-refractivity contribution is -0.305. The molecule has 1 heterocycles. The second-order valence-electron chi connectivity index (χ2n) is 9.58. The molecule has 0 aromatic heterocycles. The lowest BCUT2D eigenvalue weighted by Gasteiger charge is -2.39. The van der Waals surface area contributed by atoms with E-state index in [2.05, 4.69) is 6.92 Å². The number of ether oxygens (including phenoxy) is 4. The molecule has 0 amide bonds. The van der Waals surface area contributed by atoms with Crippen LogP contribution in [-0.2, 0) is 23.7 Å². The largest absolute Gasteiger partial charge is 0.458 e. The normalized spacial score (nSPS) is 25.5. The molecule has 1 aliphatic heterocycles. The first-order valence-electron chi connectivity index (χ1n) is 13.6. The summed E-state index contributed by atoms with van der Waals surface area (Å²) in [5, 5.41) is 39.0. The second kappa shape index (κ2) is 20.3. The highest BCUT2D eigenvalue weighted by Gasteiger charge is 2.44. The Morgan fingerprint density at radius 1 is 0.800 bits per heavy atom. The molecule has 9 heteroatoms. The fraction of sp³-hybridized carbons (Fsp3) is 0.962. The lowest BCUT2D eigenvalue weighted by Crippen LogP contribution is -2.59. The molecule has 35 heavy (non-hydrogen) atoms. The van der Waals surface area contributed by atoms with E-state index in [1.165, 1.54) is 77.6 Å². The van der Waals surface area contributed by atoms with Gasteiger partial charge >= 0.3 is 5.97 Å². The number of hydrogen-bond acceptors (Lipinski definition) is 9. The van der Waals surface area contributed by atoms with Gasteiger partial charge in [-0.05, 0) is 6.42 Å². The number of esters is 1. The molecule has 0 saturated carbocycles. The molecule has 1 fully saturated rings. The molecule has 6 atom stereocenters. The highest BCUT2D eigenvalue weighted by Crippen LogP contribution is 2.22. The summed E-state index contributed by atoms with van der Waals surface area (Å²) in [5.74, 6) is -0.489. The van der Waals surface area contributed by atoms with Crippen LogP contribution >= 0.6 is 0 Å². The first kappa shape index (κ1) is 32.2. The van der Waals surface area contributed by atoms with E-state index in [0.29, 0.717) is 6.61 Å². The summed E-state index contributed by atoms with van der Waals surface area (Å²) in [6, 6.07) is 0. The maximum Gasteiger partial charge on any atom is 0.303 e. The van der Waals surface area contributed by atoms with Gasteiger partial charge in [-0.3, -0.25) is 4.79 Å². The van der Waals surface area contributed by atoms with E-state index in [1.54, 1.807) is 0 Å². The summed E-state index contributed by atoms with van der Waals surface area (Å²) in [6.45, 7) is 3.55. The van der Waals surface area contributed by atoms with E-state index in [-0.39, 0.29) is 13.2 Å². The standard InChI is InChI=1S/C26H50O9/c1-3-4-5-6-7-8-9-10-11-12-13-14-15-16-32-18-21(34-20(2)28)19-33-26-25(31)24(30)23(29)22(17-27)35-26/h21-27,29-31H,3-19H2,1-2H3. The van der Waals surface area contributed by atoms with Crippen molar-refractivity contribution in [3.8, 4) is 0 Å². The van der Waals surface area contributed by atoms with Gasteiger partial charge in [-0.25, -0.2) is 0 Å². The number of carbonyl (C=O) groups is 1. The van der Waals surface area contributed by atoms with Crippen LogP contribution < -0.4 is 0 Å². The minimum absolute atomic E-state index is 0.124. The van der Waals surface area contributed by atoms with E-state index < -0.39 is 49.4 Å². The minimum Gasteiger partial charge on any atom is -0.458 e. The zero-order valence-electron chi connectivity index (χ0n) is 21.8. The van der Waals surface area contributed by atoms with Gasteiger partial charge in [-0.2, -0.15) is 0 Å². The monoisotopic (exact) mass is 506 g/mol. The van der Waals surface area contributed by atoms with Crippen LogP contribution in [0.2, 0.25) is 0 Å².